The Kier molecular flexibility index (Phi) is 4.78. The summed E-state index contributed by atoms with van der Waals surface area (Å²) in [6.45, 7) is 9.23. The van der Waals surface area contributed by atoms with Crippen LogP contribution < -0.4 is 0 Å². The van der Waals surface area contributed by atoms with Gasteiger partial charge in [-0.15, -0.1) is 0 Å². The Morgan fingerprint density at radius 1 is 0.559 bits per heavy atom. The molecule has 170 valence electrons. The van der Waals surface area contributed by atoms with E-state index in [1.807, 2.05) is 0 Å². The third-order valence-corrected chi connectivity index (χ3v) is 8.69. The molecule has 0 saturated heterocycles. The first-order chi connectivity index (χ1) is 16.4. The molecule has 2 aliphatic heterocycles. The summed E-state index contributed by atoms with van der Waals surface area (Å²) >= 11 is 0. The van der Waals surface area contributed by atoms with Crippen molar-refractivity contribution < 1.29 is 0 Å². The third kappa shape index (κ3) is 3.01. The van der Waals surface area contributed by atoms with Crippen molar-refractivity contribution in [3.05, 3.63) is 83.9 Å². The van der Waals surface area contributed by atoms with Crippen LogP contribution in [0.1, 0.15) is 64.5 Å². The van der Waals surface area contributed by atoms with E-state index in [1.165, 1.54) is 56.9 Å². The van der Waals surface area contributed by atoms with E-state index in [2.05, 4.69) is 100 Å². The van der Waals surface area contributed by atoms with Gasteiger partial charge in [-0.25, -0.2) is 0 Å². The van der Waals surface area contributed by atoms with Crippen LogP contribution in [0.2, 0.25) is 0 Å². The molecule has 0 saturated carbocycles. The summed E-state index contributed by atoms with van der Waals surface area (Å²) in [6.07, 6.45) is 4.60. The minimum atomic E-state index is 0.000511. The molecule has 2 unspecified atom stereocenters. The normalized spacial score (nSPS) is 23.2. The first-order valence-electron chi connectivity index (χ1n) is 12.6. The lowest BCUT2D eigenvalue weighted by atomic mass is 9.71. The molecule has 0 aliphatic carbocycles. The molecule has 0 amide bonds. The monoisotopic (exact) mass is 444 g/mol. The lowest BCUT2D eigenvalue weighted by molar-refractivity contribution is 0.485. The van der Waals surface area contributed by atoms with E-state index in [-0.39, 0.29) is 10.8 Å². The van der Waals surface area contributed by atoms with Crippen molar-refractivity contribution in [2.45, 2.75) is 64.2 Å². The number of aliphatic imine (C=N–C) groups is 2. The minimum absolute atomic E-state index is 0.000511. The Balaban J connectivity index is 1.26. The zero-order valence-corrected chi connectivity index (χ0v) is 20.7. The highest BCUT2D eigenvalue weighted by molar-refractivity contribution is 6.07. The molecule has 0 fully saturated rings. The second-order valence-corrected chi connectivity index (χ2v) is 10.6. The van der Waals surface area contributed by atoms with Gasteiger partial charge in [0.1, 0.15) is 0 Å². The van der Waals surface area contributed by atoms with E-state index in [1.54, 1.807) is 0 Å². The number of benzene rings is 4. The van der Waals surface area contributed by atoms with Gasteiger partial charge in [0.15, 0.2) is 0 Å². The van der Waals surface area contributed by atoms with Crippen LogP contribution in [0.4, 0.5) is 11.4 Å². The lowest BCUT2D eigenvalue weighted by Crippen LogP contribution is -2.29. The highest BCUT2D eigenvalue weighted by atomic mass is 14.8. The molecule has 0 bridgehead atoms. The molecular weight excluding hydrogens is 412 g/mol. The molecule has 2 nitrogen and oxygen atoms in total. The van der Waals surface area contributed by atoms with Crippen LogP contribution in [-0.2, 0) is 10.8 Å². The largest absolute Gasteiger partial charge is 0.257 e. The van der Waals surface area contributed by atoms with E-state index in [0.29, 0.717) is 0 Å². The molecule has 2 heteroatoms. The maximum atomic E-state index is 5.00. The second kappa shape index (κ2) is 7.63. The fraction of sp³-hybridized carbons (Fsp3) is 0.312. The van der Waals surface area contributed by atoms with Crippen LogP contribution in [0.5, 0.6) is 0 Å². The van der Waals surface area contributed by atoms with Crippen LogP contribution in [0.15, 0.2) is 82.8 Å². The number of nitrogens with zero attached hydrogens (tertiary/aromatic N) is 2. The molecular formula is C32H32N2. The van der Waals surface area contributed by atoms with E-state index < -0.39 is 0 Å². The zero-order valence-electron chi connectivity index (χ0n) is 20.7. The van der Waals surface area contributed by atoms with Gasteiger partial charge in [0.25, 0.3) is 0 Å². The minimum Gasteiger partial charge on any atom is -0.257 e. The molecule has 0 spiro atoms. The maximum Gasteiger partial charge on any atom is 0.0677 e. The predicted octanol–water partition coefficient (Wildman–Crippen LogP) is 8.98. The third-order valence-electron chi connectivity index (χ3n) is 8.69. The number of rotatable bonds is 5. The average Bonchev–Trinajstić information content (AvgIpc) is 3.26. The number of hydrogen-bond acceptors (Lipinski definition) is 2. The van der Waals surface area contributed by atoms with Crippen molar-refractivity contribution in [2.24, 2.45) is 9.98 Å². The van der Waals surface area contributed by atoms with Crippen molar-refractivity contribution in [3.63, 3.8) is 0 Å². The van der Waals surface area contributed by atoms with Crippen LogP contribution in [0, 0.1) is 0 Å². The van der Waals surface area contributed by atoms with Gasteiger partial charge in [-0.3, -0.25) is 9.98 Å². The summed E-state index contributed by atoms with van der Waals surface area (Å²) in [4.78, 5) is 10.00. The van der Waals surface area contributed by atoms with Gasteiger partial charge in [0.05, 0.1) is 11.4 Å². The van der Waals surface area contributed by atoms with Crippen LogP contribution in [0.3, 0.4) is 0 Å². The van der Waals surface area contributed by atoms with E-state index in [4.69, 9.17) is 9.98 Å². The topological polar surface area (TPSA) is 24.7 Å². The standard InChI is InChI=1S/C32H32N2/c1-21-31(3,29-25-13-7-5-11-23(25)15-17-27(29)33-21)19-9-10-20-32(4)22(2)34-28-18-16-24-12-6-8-14-26(24)30(28)32/h5-8,11-18H,9-10,19-20H2,1-4H3. The molecule has 34 heavy (non-hydrogen) atoms. The van der Waals surface area contributed by atoms with Crippen molar-refractivity contribution in [1.29, 1.82) is 0 Å². The fourth-order valence-corrected chi connectivity index (χ4v) is 6.41. The first-order valence-corrected chi connectivity index (χ1v) is 12.6. The molecule has 2 atom stereocenters. The zero-order chi connectivity index (χ0) is 23.5. The van der Waals surface area contributed by atoms with Crippen molar-refractivity contribution in [2.75, 3.05) is 0 Å². The van der Waals surface area contributed by atoms with Gasteiger partial charge in [-0.05, 0) is 71.5 Å². The molecule has 0 N–H and O–H groups in total. The Morgan fingerprint density at radius 3 is 1.41 bits per heavy atom. The Morgan fingerprint density at radius 2 is 0.971 bits per heavy atom. The summed E-state index contributed by atoms with van der Waals surface area (Å²) in [5.41, 5.74) is 7.66. The first kappa shape index (κ1) is 21.3. The van der Waals surface area contributed by atoms with E-state index >= 15 is 0 Å². The molecule has 6 rings (SSSR count). The van der Waals surface area contributed by atoms with Crippen LogP contribution in [-0.4, -0.2) is 11.4 Å². The number of hydrogen-bond donors (Lipinski definition) is 0. The maximum absolute atomic E-state index is 5.00. The molecule has 4 aromatic rings. The highest BCUT2D eigenvalue weighted by Gasteiger charge is 2.40. The smallest absolute Gasteiger partial charge is 0.0677 e. The second-order valence-electron chi connectivity index (χ2n) is 10.6. The number of fused-ring (bicyclic) bond motifs is 6. The van der Waals surface area contributed by atoms with E-state index in [9.17, 15) is 0 Å². The quantitative estimate of drug-likeness (QED) is 0.274. The Hall–Kier alpha value is -3.26. The summed E-state index contributed by atoms with van der Waals surface area (Å²) in [5.74, 6) is 0. The summed E-state index contributed by atoms with van der Waals surface area (Å²) in [5, 5.41) is 5.33. The van der Waals surface area contributed by atoms with Gasteiger partial charge in [-0.1, -0.05) is 87.4 Å². The molecule has 2 heterocycles. The van der Waals surface area contributed by atoms with Crippen molar-refractivity contribution >= 4 is 44.3 Å². The summed E-state index contributed by atoms with van der Waals surface area (Å²) in [7, 11) is 0. The SMILES string of the molecule is CC1=Nc2ccc3ccccc3c2C1(C)CCCCC1(C)C(C)=Nc2ccc3ccccc3c21. The predicted molar refractivity (Wildman–Crippen MR) is 147 cm³/mol. The van der Waals surface area contributed by atoms with Crippen LogP contribution >= 0.6 is 0 Å². The average molecular weight is 445 g/mol. The summed E-state index contributed by atoms with van der Waals surface area (Å²) in [6, 6.07) is 26.4. The van der Waals surface area contributed by atoms with Gasteiger partial charge in [-0.2, -0.15) is 0 Å². The molecule has 0 aromatic heterocycles. The number of unbranched alkanes of at least 4 members (excludes halogenated alkanes) is 1. The molecule has 2 aliphatic rings. The fourth-order valence-electron chi connectivity index (χ4n) is 6.41. The van der Waals surface area contributed by atoms with E-state index in [0.717, 1.165) is 24.2 Å². The lowest BCUT2D eigenvalue weighted by Gasteiger charge is -2.30. The Labute approximate surface area is 202 Å². The van der Waals surface area contributed by atoms with Crippen molar-refractivity contribution in [3.8, 4) is 0 Å². The van der Waals surface area contributed by atoms with Gasteiger partial charge in [0, 0.05) is 22.3 Å². The van der Waals surface area contributed by atoms with Gasteiger partial charge in [0.2, 0.25) is 0 Å². The van der Waals surface area contributed by atoms with Gasteiger partial charge >= 0.3 is 0 Å². The molecule has 0 radical (unpaired) electrons. The molecule has 4 aromatic carbocycles. The highest BCUT2D eigenvalue weighted by Crippen LogP contribution is 2.49. The van der Waals surface area contributed by atoms with Crippen LogP contribution in [0.25, 0.3) is 21.5 Å². The van der Waals surface area contributed by atoms with Crippen molar-refractivity contribution in [1.82, 2.24) is 0 Å². The van der Waals surface area contributed by atoms with Gasteiger partial charge < -0.3 is 0 Å². The summed E-state index contributed by atoms with van der Waals surface area (Å²) < 4.78 is 0. The Bertz CT molecular complexity index is 1390.